The maximum absolute atomic E-state index is 11.5. The summed E-state index contributed by atoms with van der Waals surface area (Å²) in [5.74, 6) is -0.610. The molecule has 38 heavy (non-hydrogen) atoms. The van der Waals surface area contributed by atoms with Crippen LogP contribution in [0.5, 0.6) is 0 Å². The second-order valence-corrected chi connectivity index (χ2v) is 10.5. The van der Waals surface area contributed by atoms with Crippen molar-refractivity contribution in [2.45, 2.75) is 82.7 Å². The fraction of sp³-hybridized carbons (Fsp3) is 0.464. The summed E-state index contributed by atoms with van der Waals surface area (Å²) in [7, 11) is -4.33. The summed E-state index contributed by atoms with van der Waals surface area (Å²) in [6.45, 7) is 2.87. The molecule has 0 saturated carbocycles. The zero-order chi connectivity index (χ0) is 27.8. The molecule has 0 radical (unpaired) electrons. The highest BCUT2D eigenvalue weighted by atomic mass is 32.2. The zero-order valence-electron chi connectivity index (χ0n) is 22.0. The number of para-hydroxylation sites is 1. The van der Waals surface area contributed by atoms with Crippen LogP contribution in [0.1, 0.15) is 77.6 Å². The molecule has 0 fully saturated rings. The fourth-order valence-electron chi connectivity index (χ4n) is 3.94. The van der Waals surface area contributed by atoms with Crippen molar-refractivity contribution in [1.29, 1.82) is 0 Å². The van der Waals surface area contributed by atoms with Gasteiger partial charge < -0.3 is 15.4 Å². The summed E-state index contributed by atoms with van der Waals surface area (Å²) >= 11 is 0. The Morgan fingerprint density at radius 3 is 2.21 bits per heavy atom. The van der Waals surface area contributed by atoms with Crippen LogP contribution < -0.4 is 5.32 Å². The average molecular weight is 546 g/mol. The number of amides is 1. The van der Waals surface area contributed by atoms with E-state index in [-0.39, 0.29) is 12.3 Å². The van der Waals surface area contributed by atoms with Crippen molar-refractivity contribution in [3.8, 4) is 11.1 Å². The third-order valence-electron chi connectivity index (χ3n) is 5.97. The lowest BCUT2D eigenvalue weighted by Gasteiger charge is -2.05. The molecule has 10 heteroatoms. The van der Waals surface area contributed by atoms with Gasteiger partial charge in [-0.15, -0.1) is 0 Å². The lowest BCUT2D eigenvalue weighted by Crippen LogP contribution is -2.23. The Hall–Kier alpha value is -3.24. The van der Waals surface area contributed by atoms with Gasteiger partial charge in [-0.25, -0.2) is 4.98 Å². The van der Waals surface area contributed by atoms with E-state index in [1.807, 2.05) is 36.4 Å². The summed E-state index contributed by atoms with van der Waals surface area (Å²) < 4.78 is 31.3. The lowest BCUT2D eigenvalue weighted by atomic mass is 10.0. The van der Waals surface area contributed by atoms with Crippen LogP contribution in [0.4, 0.5) is 0 Å². The normalized spacial score (nSPS) is 11.1. The number of unbranched alkanes of at least 4 members (excludes halogenated alkanes) is 7. The molecule has 0 bridgehead atoms. The first-order valence-corrected chi connectivity index (χ1v) is 14.7. The minimum absolute atomic E-state index is 0.133. The van der Waals surface area contributed by atoms with E-state index in [1.54, 1.807) is 12.1 Å². The maximum atomic E-state index is 11.5. The SMILES string of the molecule is CCCCCCCCC(=O)NCCCCCC(=O)O.O=S(=O)(O)c1nc2c(-c3ccccc3)cccc2[nH]1. The molecule has 0 saturated heterocycles. The first-order chi connectivity index (χ1) is 18.2. The molecular weight excluding hydrogens is 506 g/mol. The number of hydrogen-bond donors (Lipinski definition) is 4. The van der Waals surface area contributed by atoms with Gasteiger partial charge in [-0.1, -0.05) is 87.9 Å². The maximum Gasteiger partial charge on any atom is 0.328 e. The molecule has 208 valence electrons. The molecule has 0 atom stereocenters. The second-order valence-electron chi connectivity index (χ2n) is 9.16. The van der Waals surface area contributed by atoms with E-state index < -0.39 is 21.2 Å². The summed E-state index contributed by atoms with van der Waals surface area (Å²) in [4.78, 5) is 28.3. The minimum Gasteiger partial charge on any atom is -0.481 e. The first-order valence-electron chi connectivity index (χ1n) is 13.2. The number of aromatic amines is 1. The van der Waals surface area contributed by atoms with Crippen molar-refractivity contribution in [3.05, 3.63) is 48.5 Å². The van der Waals surface area contributed by atoms with Crippen molar-refractivity contribution in [3.63, 3.8) is 0 Å². The van der Waals surface area contributed by atoms with Crippen molar-refractivity contribution >= 4 is 33.0 Å². The lowest BCUT2D eigenvalue weighted by molar-refractivity contribution is -0.137. The van der Waals surface area contributed by atoms with Gasteiger partial charge in [0, 0.05) is 24.9 Å². The van der Waals surface area contributed by atoms with Crippen LogP contribution in [0, 0.1) is 0 Å². The Morgan fingerprint density at radius 2 is 1.53 bits per heavy atom. The van der Waals surface area contributed by atoms with Gasteiger partial charge in [0.25, 0.3) is 5.16 Å². The predicted octanol–water partition coefficient (Wildman–Crippen LogP) is 5.97. The Balaban J connectivity index is 0.000000267. The van der Waals surface area contributed by atoms with Crippen LogP contribution in [0.15, 0.2) is 53.7 Å². The van der Waals surface area contributed by atoms with Crippen LogP contribution in [0.3, 0.4) is 0 Å². The van der Waals surface area contributed by atoms with Crippen LogP contribution in [0.25, 0.3) is 22.2 Å². The van der Waals surface area contributed by atoms with Crippen LogP contribution in [-0.4, -0.2) is 46.5 Å². The summed E-state index contributed by atoms with van der Waals surface area (Å²) in [5, 5.41) is 10.9. The molecule has 4 N–H and O–H groups in total. The van der Waals surface area contributed by atoms with Crippen molar-refractivity contribution < 1.29 is 27.7 Å². The molecule has 2 aromatic carbocycles. The van der Waals surface area contributed by atoms with Crippen molar-refractivity contribution in [2.75, 3.05) is 6.54 Å². The number of carbonyl (C=O) groups is 2. The first kappa shape index (κ1) is 31.0. The highest BCUT2D eigenvalue weighted by molar-refractivity contribution is 7.85. The Bertz CT molecular complexity index is 1240. The molecule has 1 aromatic heterocycles. The van der Waals surface area contributed by atoms with Crippen LogP contribution in [0.2, 0.25) is 0 Å². The molecule has 0 unspecified atom stereocenters. The molecule has 1 heterocycles. The summed E-state index contributed by atoms with van der Waals surface area (Å²) in [5.41, 5.74) is 2.82. The zero-order valence-corrected chi connectivity index (χ0v) is 22.8. The van der Waals surface area contributed by atoms with Gasteiger partial charge in [-0.3, -0.25) is 14.1 Å². The number of rotatable bonds is 15. The monoisotopic (exact) mass is 545 g/mol. The van der Waals surface area contributed by atoms with E-state index in [0.29, 0.717) is 30.4 Å². The van der Waals surface area contributed by atoms with E-state index in [1.165, 1.54) is 25.7 Å². The number of hydrogen-bond acceptors (Lipinski definition) is 5. The van der Waals surface area contributed by atoms with Crippen molar-refractivity contribution in [1.82, 2.24) is 15.3 Å². The third-order valence-corrected chi connectivity index (χ3v) is 6.65. The number of imidazole rings is 1. The third kappa shape index (κ3) is 11.4. The van der Waals surface area contributed by atoms with Gasteiger partial charge in [0.15, 0.2) is 0 Å². The summed E-state index contributed by atoms with van der Waals surface area (Å²) in [6.07, 6.45) is 10.5. The topological polar surface area (TPSA) is 149 Å². The molecule has 1 amide bonds. The molecular formula is C28H39N3O6S. The van der Waals surface area contributed by atoms with E-state index in [4.69, 9.17) is 9.66 Å². The Kier molecular flexibility index (Phi) is 13.5. The Labute approximate surface area is 224 Å². The minimum atomic E-state index is -4.33. The molecule has 0 aliphatic rings. The number of H-pyrrole nitrogens is 1. The fourth-order valence-corrected chi connectivity index (χ4v) is 4.39. The molecule has 3 rings (SSSR count). The standard InChI is InChI=1S/C15H29NO3.C13H10N2O3S/c1-2-3-4-5-6-8-11-14(17)16-13-10-7-9-12-15(18)19;16-19(17,18)13-14-11-8-4-7-10(12(11)15-13)9-5-2-1-3-6-9/h2-13H2,1H3,(H,16,17)(H,18,19);1-8H,(H,14,15)(H,16,17,18). The number of carboxylic acid groups (broad SMARTS) is 1. The largest absolute Gasteiger partial charge is 0.481 e. The van der Waals surface area contributed by atoms with E-state index in [2.05, 4.69) is 22.2 Å². The van der Waals surface area contributed by atoms with Gasteiger partial charge in [0.2, 0.25) is 5.91 Å². The highest BCUT2D eigenvalue weighted by Crippen LogP contribution is 2.27. The van der Waals surface area contributed by atoms with Gasteiger partial charge in [-0.2, -0.15) is 8.42 Å². The molecule has 3 aromatic rings. The molecule has 0 spiro atoms. The summed E-state index contributed by atoms with van der Waals surface area (Å²) in [6, 6.07) is 14.9. The number of fused-ring (bicyclic) bond motifs is 1. The van der Waals surface area contributed by atoms with E-state index >= 15 is 0 Å². The highest BCUT2D eigenvalue weighted by Gasteiger charge is 2.17. The van der Waals surface area contributed by atoms with Gasteiger partial charge in [0.05, 0.1) is 11.0 Å². The van der Waals surface area contributed by atoms with Gasteiger partial charge in [-0.05, 0) is 30.9 Å². The predicted molar refractivity (Wildman–Crippen MR) is 148 cm³/mol. The Morgan fingerprint density at radius 1 is 0.868 bits per heavy atom. The van der Waals surface area contributed by atoms with Crippen molar-refractivity contribution in [2.24, 2.45) is 0 Å². The number of aliphatic carboxylic acids is 1. The van der Waals surface area contributed by atoms with E-state index in [9.17, 15) is 18.0 Å². The van der Waals surface area contributed by atoms with E-state index in [0.717, 1.165) is 36.8 Å². The van der Waals surface area contributed by atoms with Gasteiger partial charge >= 0.3 is 16.1 Å². The number of aromatic nitrogens is 2. The quantitative estimate of drug-likeness (QED) is 0.136. The number of nitrogens with one attached hydrogen (secondary N) is 2. The average Bonchev–Trinajstić information content (AvgIpc) is 3.34. The molecule has 0 aliphatic carbocycles. The molecule has 9 nitrogen and oxygen atoms in total. The second kappa shape index (κ2) is 16.6. The van der Waals surface area contributed by atoms with Gasteiger partial charge in [0.1, 0.15) is 0 Å². The van der Waals surface area contributed by atoms with Crippen LogP contribution in [-0.2, 0) is 19.7 Å². The van der Waals surface area contributed by atoms with Crippen LogP contribution >= 0.6 is 0 Å². The number of carbonyl (C=O) groups excluding carboxylic acids is 1. The number of nitrogens with zero attached hydrogens (tertiary/aromatic N) is 1. The number of carboxylic acids is 1. The molecule has 0 aliphatic heterocycles. The smallest absolute Gasteiger partial charge is 0.328 e. The number of benzene rings is 2.